The number of ether oxygens (including phenoxy) is 4. The summed E-state index contributed by atoms with van der Waals surface area (Å²) in [5.41, 5.74) is 1.12. The van der Waals surface area contributed by atoms with Gasteiger partial charge in [0.15, 0.2) is 16.3 Å². The van der Waals surface area contributed by atoms with Crippen LogP contribution in [0, 0.1) is 10.1 Å². The number of fused-ring (bicyclic) bond motifs is 1. The molecule has 1 atom stereocenters. The highest BCUT2D eigenvalue weighted by Gasteiger charge is 2.34. The molecular formula is C30H27N3O9S. The molecule has 1 aliphatic heterocycles. The summed E-state index contributed by atoms with van der Waals surface area (Å²) in [7, 11) is 4.47. The van der Waals surface area contributed by atoms with Gasteiger partial charge in [0.1, 0.15) is 17.3 Å². The van der Waals surface area contributed by atoms with Crippen LogP contribution in [-0.4, -0.2) is 43.4 Å². The predicted octanol–water partition coefficient (Wildman–Crippen LogP) is 3.99. The van der Waals surface area contributed by atoms with E-state index in [0.29, 0.717) is 54.9 Å². The Hall–Kier alpha value is -5.17. The van der Waals surface area contributed by atoms with E-state index >= 15 is 0 Å². The largest absolute Gasteiger partial charge is 0.496 e. The highest BCUT2D eigenvalue weighted by Crippen LogP contribution is 2.37. The fourth-order valence-electron chi connectivity index (χ4n) is 4.84. The first kappa shape index (κ1) is 29.3. The lowest BCUT2D eigenvalue weighted by atomic mass is 9.95. The number of aromatic nitrogens is 1. The molecule has 0 fully saturated rings. The molecule has 3 heterocycles. The Labute approximate surface area is 248 Å². The van der Waals surface area contributed by atoms with Crippen LogP contribution in [0.4, 0.5) is 5.69 Å². The van der Waals surface area contributed by atoms with Crippen molar-refractivity contribution in [2.45, 2.75) is 19.9 Å². The van der Waals surface area contributed by atoms with Gasteiger partial charge in [0.2, 0.25) is 0 Å². The number of rotatable bonds is 9. The summed E-state index contributed by atoms with van der Waals surface area (Å²) in [6.45, 7) is 3.55. The zero-order valence-corrected chi connectivity index (χ0v) is 24.7. The van der Waals surface area contributed by atoms with Crippen molar-refractivity contribution in [3.8, 4) is 28.6 Å². The molecule has 13 heteroatoms. The molecule has 2 aromatic carbocycles. The molecule has 0 spiro atoms. The van der Waals surface area contributed by atoms with Gasteiger partial charge in [-0.25, -0.2) is 9.79 Å². The number of allylic oxidation sites excluding steroid dienone is 1. The maximum Gasteiger partial charge on any atom is 0.338 e. The topological polar surface area (TPSA) is 145 Å². The molecule has 2 aromatic heterocycles. The van der Waals surface area contributed by atoms with E-state index < -0.39 is 22.5 Å². The number of nitrogens with zero attached hydrogens (tertiary/aromatic N) is 3. The summed E-state index contributed by atoms with van der Waals surface area (Å²) < 4.78 is 29.3. The molecule has 0 unspecified atom stereocenters. The fourth-order valence-corrected chi connectivity index (χ4v) is 5.86. The Morgan fingerprint density at radius 3 is 2.47 bits per heavy atom. The van der Waals surface area contributed by atoms with Crippen LogP contribution in [0.2, 0.25) is 0 Å². The Balaban J connectivity index is 1.65. The van der Waals surface area contributed by atoms with Crippen LogP contribution in [0.15, 0.2) is 74.0 Å². The SMILES string of the molecule is CCOC(=O)C1=C(C)N=c2s/c(=C\c3ccc(-c4cc([N+](=O)[O-])ccc4OC)o3)c(=O)n2[C@H]1c1ccc(OC)c(OC)c1. The lowest BCUT2D eigenvalue weighted by molar-refractivity contribution is -0.384. The second-order valence-corrected chi connectivity index (χ2v) is 10.3. The number of methoxy groups -OCH3 is 3. The molecule has 5 rings (SSSR count). The smallest absolute Gasteiger partial charge is 0.338 e. The number of carbonyl (C=O) groups is 1. The minimum atomic E-state index is -0.849. The highest BCUT2D eigenvalue weighted by atomic mass is 32.1. The van der Waals surface area contributed by atoms with Gasteiger partial charge < -0.3 is 23.4 Å². The molecule has 0 N–H and O–H groups in total. The van der Waals surface area contributed by atoms with Crippen molar-refractivity contribution in [1.82, 2.24) is 4.57 Å². The fraction of sp³-hybridized carbons (Fsp3) is 0.233. The quantitative estimate of drug-likeness (QED) is 0.157. The van der Waals surface area contributed by atoms with Crippen molar-refractivity contribution >= 4 is 29.1 Å². The minimum Gasteiger partial charge on any atom is -0.496 e. The van der Waals surface area contributed by atoms with Crippen LogP contribution in [-0.2, 0) is 9.53 Å². The van der Waals surface area contributed by atoms with Crippen molar-refractivity contribution in [3.05, 3.63) is 101 Å². The molecule has 222 valence electrons. The first-order valence-electron chi connectivity index (χ1n) is 13.0. The number of nitro groups is 1. The summed E-state index contributed by atoms with van der Waals surface area (Å²) in [6.07, 6.45) is 1.56. The van der Waals surface area contributed by atoms with Gasteiger partial charge in [-0.3, -0.25) is 19.5 Å². The number of esters is 1. The number of benzene rings is 2. The lowest BCUT2D eigenvalue weighted by Crippen LogP contribution is -2.39. The summed E-state index contributed by atoms with van der Waals surface area (Å²) in [6, 6.07) is 11.8. The molecule has 0 saturated heterocycles. The van der Waals surface area contributed by atoms with Gasteiger partial charge in [0.05, 0.1) is 60.3 Å². The van der Waals surface area contributed by atoms with E-state index in [2.05, 4.69) is 4.99 Å². The van der Waals surface area contributed by atoms with Crippen LogP contribution in [0.3, 0.4) is 0 Å². The van der Waals surface area contributed by atoms with Crippen molar-refractivity contribution in [2.24, 2.45) is 4.99 Å². The van der Waals surface area contributed by atoms with Gasteiger partial charge in [-0.1, -0.05) is 17.4 Å². The van der Waals surface area contributed by atoms with E-state index in [9.17, 15) is 19.7 Å². The van der Waals surface area contributed by atoms with Crippen molar-refractivity contribution in [1.29, 1.82) is 0 Å². The van der Waals surface area contributed by atoms with Crippen LogP contribution in [0.25, 0.3) is 17.4 Å². The number of furan rings is 1. The normalized spacial score (nSPS) is 14.6. The number of hydrogen-bond donors (Lipinski definition) is 0. The van der Waals surface area contributed by atoms with E-state index in [-0.39, 0.29) is 17.9 Å². The lowest BCUT2D eigenvalue weighted by Gasteiger charge is -2.25. The van der Waals surface area contributed by atoms with E-state index in [4.69, 9.17) is 23.4 Å². The van der Waals surface area contributed by atoms with Gasteiger partial charge in [0.25, 0.3) is 11.2 Å². The Morgan fingerprint density at radius 2 is 1.79 bits per heavy atom. The predicted molar refractivity (Wildman–Crippen MR) is 157 cm³/mol. The molecule has 0 saturated carbocycles. The van der Waals surface area contributed by atoms with Crippen LogP contribution < -0.4 is 29.1 Å². The third-order valence-corrected chi connectivity index (χ3v) is 7.78. The second-order valence-electron chi connectivity index (χ2n) is 9.26. The molecule has 43 heavy (non-hydrogen) atoms. The standard InChI is InChI=1S/C30H27N3O9S/c1-6-41-29(35)26-16(2)31-30-32(27(26)17-7-10-23(39-4)24(13-17)40-5)28(34)25(43-30)15-19-9-12-22(42-19)20-14-18(33(36)37)8-11-21(20)38-3/h7-15,27H,6H2,1-5H3/b25-15-/t27-/m0/s1. The molecule has 0 bridgehead atoms. The Morgan fingerprint density at radius 1 is 1.07 bits per heavy atom. The van der Waals surface area contributed by atoms with Gasteiger partial charge in [-0.2, -0.15) is 0 Å². The average molecular weight is 606 g/mol. The second kappa shape index (κ2) is 12.0. The molecule has 4 aromatic rings. The number of non-ortho nitro benzene ring substituents is 1. The zero-order chi connectivity index (χ0) is 30.8. The van der Waals surface area contributed by atoms with Crippen LogP contribution in [0.1, 0.15) is 31.2 Å². The van der Waals surface area contributed by atoms with Gasteiger partial charge in [0, 0.05) is 18.2 Å². The van der Waals surface area contributed by atoms with E-state index in [1.54, 1.807) is 50.3 Å². The average Bonchev–Trinajstić information content (AvgIpc) is 3.59. The molecule has 1 aliphatic rings. The number of hydrogen-bond acceptors (Lipinski definition) is 11. The summed E-state index contributed by atoms with van der Waals surface area (Å²) in [5, 5.41) is 11.3. The van der Waals surface area contributed by atoms with E-state index in [1.807, 2.05) is 0 Å². The van der Waals surface area contributed by atoms with Crippen LogP contribution >= 0.6 is 11.3 Å². The summed E-state index contributed by atoms with van der Waals surface area (Å²) in [4.78, 5) is 42.9. The number of nitro benzene ring substituents is 1. The maximum atomic E-state index is 13.9. The third kappa shape index (κ3) is 5.42. The van der Waals surface area contributed by atoms with Crippen molar-refractivity contribution in [3.63, 3.8) is 0 Å². The molecular weight excluding hydrogens is 578 g/mol. The van der Waals surface area contributed by atoms with Gasteiger partial charge >= 0.3 is 5.97 Å². The molecule has 0 amide bonds. The first-order valence-corrected chi connectivity index (χ1v) is 13.9. The highest BCUT2D eigenvalue weighted by molar-refractivity contribution is 7.07. The summed E-state index contributed by atoms with van der Waals surface area (Å²) in [5.74, 6) is 1.38. The number of carbonyl (C=O) groups excluding carboxylic acids is 1. The molecule has 0 aliphatic carbocycles. The maximum absolute atomic E-state index is 13.9. The van der Waals surface area contributed by atoms with Crippen molar-refractivity contribution in [2.75, 3.05) is 27.9 Å². The molecule has 12 nitrogen and oxygen atoms in total. The Kier molecular flexibility index (Phi) is 8.17. The first-order chi connectivity index (χ1) is 20.7. The minimum absolute atomic E-state index is 0.120. The van der Waals surface area contributed by atoms with Gasteiger partial charge in [-0.05, 0) is 49.7 Å². The van der Waals surface area contributed by atoms with Crippen LogP contribution in [0.5, 0.6) is 17.2 Å². The van der Waals surface area contributed by atoms with Crippen molar-refractivity contribution < 1.29 is 33.1 Å². The third-order valence-electron chi connectivity index (χ3n) is 6.80. The monoisotopic (exact) mass is 605 g/mol. The Bertz CT molecular complexity index is 1950. The molecule has 0 radical (unpaired) electrons. The van der Waals surface area contributed by atoms with E-state index in [1.165, 1.54) is 44.1 Å². The summed E-state index contributed by atoms with van der Waals surface area (Å²) >= 11 is 1.13. The van der Waals surface area contributed by atoms with E-state index in [0.717, 1.165) is 11.3 Å². The zero-order valence-electron chi connectivity index (χ0n) is 23.9. The number of thiazole rings is 1. The van der Waals surface area contributed by atoms with Gasteiger partial charge in [-0.15, -0.1) is 0 Å².